The minimum absolute atomic E-state index is 0.355. The van der Waals surface area contributed by atoms with Crippen LogP contribution in [0, 0.1) is 0 Å². The van der Waals surface area contributed by atoms with Crippen molar-refractivity contribution in [3.05, 3.63) is 29.1 Å². The highest BCUT2D eigenvalue weighted by atomic mass is 32.1. The van der Waals surface area contributed by atoms with E-state index in [1.807, 2.05) is 18.2 Å². The van der Waals surface area contributed by atoms with Crippen LogP contribution in [0.25, 0.3) is 10.1 Å². The smallest absolute Gasteiger partial charge is 0.345 e. The number of thiophene rings is 1. The van der Waals surface area contributed by atoms with Gasteiger partial charge in [0.25, 0.3) is 0 Å². The molecule has 1 aromatic heterocycles. The molecule has 72 valence electrons. The molecule has 0 saturated heterocycles. The van der Waals surface area contributed by atoms with Crippen molar-refractivity contribution in [3.8, 4) is 5.75 Å². The molecular weight excluding hydrogens is 200 g/mol. The van der Waals surface area contributed by atoms with Gasteiger partial charge in [0.2, 0.25) is 0 Å². The van der Waals surface area contributed by atoms with Gasteiger partial charge >= 0.3 is 5.97 Å². The number of methoxy groups -OCH3 is 1. The largest absolute Gasteiger partial charge is 0.497 e. The molecule has 0 spiro atoms. The maximum absolute atomic E-state index is 10.7. The number of hydrogen-bond donors (Lipinski definition) is 1. The highest BCUT2D eigenvalue weighted by Gasteiger charge is 2.08. The molecule has 0 atom stereocenters. The van der Waals surface area contributed by atoms with Gasteiger partial charge < -0.3 is 9.84 Å². The lowest BCUT2D eigenvalue weighted by Crippen LogP contribution is -1.89. The van der Waals surface area contributed by atoms with E-state index in [1.165, 1.54) is 11.3 Å². The summed E-state index contributed by atoms with van der Waals surface area (Å²) in [7, 11) is 1.59. The average molecular weight is 208 g/mol. The molecule has 1 N–H and O–H groups in total. The number of carboxylic acid groups (broad SMARTS) is 1. The second kappa shape index (κ2) is 3.31. The third kappa shape index (κ3) is 1.44. The maximum Gasteiger partial charge on any atom is 0.345 e. The van der Waals surface area contributed by atoms with E-state index in [0.717, 1.165) is 15.8 Å². The minimum Gasteiger partial charge on any atom is -0.497 e. The number of fused-ring (bicyclic) bond motifs is 1. The summed E-state index contributed by atoms with van der Waals surface area (Å²) < 4.78 is 5.98. The Morgan fingerprint density at radius 2 is 2.21 bits per heavy atom. The zero-order valence-corrected chi connectivity index (χ0v) is 8.30. The Kier molecular flexibility index (Phi) is 2.13. The first-order valence-electron chi connectivity index (χ1n) is 4.01. The van der Waals surface area contributed by atoms with Crippen molar-refractivity contribution in [1.82, 2.24) is 0 Å². The summed E-state index contributed by atoms with van der Waals surface area (Å²) in [5.74, 6) is -0.138. The number of carbonyl (C=O) groups is 1. The van der Waals surface area contributed by atoms with Crippen molar-refractivity contribution < 1.29 is 14.6 Å². The second-order valence-corrected chi connectivity index (χ2v) is 3.90. The van der Waals surface area contributed by atoms with E-state index in [1.54, 1.807) is 13.2 Å². The fraction of sp³-hybridized carbons (Fsp3) is 0.100. The lowest BCUT2D eigenvalue weighted by atomic mass is 10.2. The van der Waals surface area contributed by atoms with Crippen molar-refractivity contribution in [2.24, 2.45) is 0 Å². The molecule has 0 aliphatic heterocycles. The average Bonchev–Trinajstić information content (AvgIpc) is 2.59. The molecular formula is C10H8O3S. The molecule has 1 heterocycles. The van der Waals surface area contributed by atoms with Crippen molar-refractivity contribution in [3.63, 3.8) is 0 Å². The molecule has 2 rings (SSSR count). The summed E-state index contributed by atoms with van der Waals surface area (Å²) in [5.41, 5.74) is 0. The molecule has 0 saturated carbocycles. The molecule has 4 heteroatoms. The van der Waals surface area contributed by atoms with Crippen LogP contribution in [0.2, 0.25) is 0 Å². The molecule has 2 aromatic rings. The van der Waals surface area contributed by atoms with Crippen LogP contribution in [-0.2, 0) is 0 Å². The minimum atomic E-state index is -0.884. The van der Waals surface area contributed by atoms with E-state index in [2.05, 4.69) is 0 Å². The van der Waals surface area contributed by atoms with Crippen LogP contribution in [0.3, 0.4) is 0 Å². The van der Waals surface area contributed by atoms with Crippen LogP contribution in [0.15, 0.2) is 24.3 Å². The van der Waals surface area contributed by atoms with E-state index in [9.17, 15) is 4.79 Å². The lowest BCUT2D eigenvalue weighted by Gasteiger charge is -1.97. The predicted octanol–water partition coefficient (Wildman–Crippen LogP) is 2.61. The first kappa shape index (κ1) is 9.02. The molecule has 0 unspecified atom stereocenters. The van der Waals surface area contributed by atoms with E-state index >= 15 is 0 Å². The lowest BCUT2D eigenvalue weighted by molar-refractivity contribution is 0.0702. The van der Waals surface area contributed by atoms with Crippen molar-refractivity contribution in [1.29, 1.82) is 0 Å². The first-order chi connectivity index (χ1) is 6.70. The Balaban J connectivity index is 2.60. The normalized spacial score (nSPS) is 10.4. The quantitative estimate of drug-likeness (QED) is 0.825. The molecule has 0 aliphatic carbocycles. The molecule has 0 aliphatic rings. The standard InChI is InChI=1S/C10H8O3S/c1-13-7-3-2-6-4-9(10(11)12)14-8(6)5-7/h2-5H,1H3,(H,11,12). The summed E-state index contributed by atoms with van der Waals surface area (Å²) in [5, 5.41) is 9.73. The van der Waals surface area contributed by atoms with Gasteiger partial charge in [-0.15, -0.1) is 11.3 Å². The van der Waals surface area contributed by atoms with Crippen LogP contribution in [0.4, 0.5) is 0 Å². The monoisotopic (exact) mass is 208 g/mol. The van der Waals surface area contributed by atoms with Crippen LogP contribution in [-0.4, -0.2) is 18.2 Å². The summed E-state index contributed by atoms with van der Waals surface area (Å²) in [6, 6.07) is 7.19. The third-order valence-electron chi connectivity index (χ3n) is 1.94. The van der Waals surface area contributed by atoms with E-state index in [0.29, 0.717) is 4.88 Å². The van der Waals surface area contributed by atoms with Crippen LogP contribution in [0.1, 0.15) is 9.67 Å². The van der Waals surface area contributed by atoms with E-state index in [-0.39, 0.29) is 0 Å². The van der Waals surface area contributed by atoms with Gasteiger partial charge in [-0.3, -0.25) is 0 Å². The SMILES string of the molecule is COc1ccc2cc(C(=O)O)sc2c1. The molecule has 14 heavy (non-hydrogen) atoms. The van der Waals surface area contributed by atoms with Crippen molar-refractivity contribution in [2.75, 3.05) is 7.11 Å². The topological polar surface area (TPSA) is 46.5 Å². The van der Waals surface area contributed by atoms with Crippen LogP contribution < -0.4 is 4.74 Å². The third-order valence-corrected chi connectivity index (χ3v) is 3.02. The fourth-order valence-electron chi connectivity index (χ4n) is 1.24. The van der Waals surface area contributed by atoms with Gasteiger partial charge in [0, 0.05) is 4.70 Å². The highest BCUT2D eigenvalue weighted by molar-refractivity contribution is 7.20. The Hall–Kier alpha value is -1.55. The summed E-state index contributed by atoms with van der Waals surface area (Å²) in [6.07, 6.45) is 0. The van der Waals surface area contributed by atoms with Gasteiger partial charge in [-0.05, 0) is 29.7 Å². The van der Waals surface area contributed by atoms with Gasteiger partial charge in [0.05, 0.1) is 7.11 Å². The summed E-state index contributed by atoms with van der Waals surface area (Å²) in [6.45, 7) is 0. The van der Waals surface area contributed by atoms with E-state index in [4.69, 9.17) is 9.84 Å². The number of hydrogen-bond acceptors (Lipinski definition) is 3. The molecule has 0 radical (unpaired) electrons. The molecule has 1 aromatic carbocycles. The number of aromatic carboxylic acids is 1. The number of benzene rings is 1. The van der Waals surface area contributed by atoms with Crippen LogP contribution >= 0.6 is 11.3 Å². The van der Waals surface area contributed by atoms with Crippen molar-refractivity contribution >= 4 is 27.4 Å². The van der Waals surface area contributed by atoms with Gasteiger partial charge in [-0.2, -0.15) is 0 Å². The highest BCUT2D eigenvalue weighted by Crippen LogP contribution is 2.28. The first-order valence-corrected chi connectivity index (χ1v) is 4.83. The number of rotatable bonds is 2. The van der Waals surface area contributed by atoms with Gasteiger partial charge in [-0.25, -0.2) is 4.79 Å². The number of ether oxygens (including phenoxy) is 1. The Bertz CT molecular complexity index is 487. The Labute approximate surface area is 84.6 Å². The Morgan fingerprint density at radius 1 is 1.43 bits per heavy atom. The maximum atomic E-state index is 10.7. The molecule has 0 fully saturated rings. The molecule has 3 nitrogen and oxygen atoms in total. The summed E-state index contributed by atoms with van der Waals surface area (Å²) in [4.78, 5) is 11.1. The van der Waals surface area contributed by atoms with Crippen LogP contribution in [0.5, 0.6) is 5.75 Å². The molecule has 0 amide bonds. The van der Waals surface area contributed by atoms with E-state index < -0.39 is 5.97 Å². The fourth-order valence-corrected chi connectivity index (χ4v) is 2.17. The van der Waals surface area contributed by atoms with Gasteiger partial charge in [0.15, 0.2) is 0 Å². The van der Waals surface area contributed by atoms with Gasteiger partial charge in [-0.1, -0.05) is 0 Å². The number of carboxylic acids is 1. The zero-order valence-electron chi connectivity index (χ0n) is 7.48. The van der Waals surface area contributed by atoms with Gasteiger partial charge in [0.1, 0.15) is 10.6 Å². The Morgan fingerprint density at radius 3 is 2.86 bits per heavy atom. The predicted molar refractivity (Wildman–Crippen MR) is 55.3 cm³/mol. The second-order valence-electron chi connectivity index (χ2n) is 2.82. The summed E-state index contributed by atoms with van der Waals surface area (Å²) >= 11 is 1.26. The van der Waals surface area contributed by atoms with Crippen molar-refractivity contribution in [2.45, 2.75) is 0 Å². The molecule has 0 bridgehead atoms. The zero-order chi connectivity index (χ0) is 10.1.